The van der Waals surface area contributed by atoms with Crippen molar-refractivity contribution in [1.29, 1.82) is 0 Å². The Balaban J connectivity index is 1.87. The van der Waals surface area contributed by atoms with Gasteiger partial charge in [0, 0.05) is 5.38 Å². The number of thiophene rings is 1. The van der Waals surface area contributed by atoms with Gasteiger partial charge in [-0.25, -0.2) is 18.1 Å². The number of benzene rings is 1. The number of nitrogens with one attached hydrogen (secondary N) is 1. The van der Waals surface area contributed by atoms with E-state index >= 15 is 0 Å². The number of hydrogen-bond acceptors (Lipinski definition) is 8. The number of alkyl halides is 3. The average Bonchev–Trinajstić information content (AvgIpc) is 3.31. The van der Waals surface area contributed by atoms with Crippen LogP contribution in [0.3, 0.4) is 0 Å². The highest BCUT2D eigenvalue weighted by Gasteiger charge is 2.36. The van der Waals surface area contributed by atoms with Crippen LogP contribution in [0.4, 0.5) is 13.2 Å². The maximum atomic E-state index is 12.7. The van der Waals surface area contributed by atoms with Crippen molar-refractivity contribution in [2.45, 2.75) is 18.6 Å². The first-order valence-electron chi connectivity index (χ1n) is 8.67. The first-order chi connectivity index (χ1) is 14.8. The molecule has 0 radical (unpaired) electrons. The molecule has 15 heteroatoms. The Labute approximate surface area is 190 Å². The van der Waals surface area contributed by atoms with Crippen molar-refractivity contribution in [3.05, 3.63) is 58.4 Å². The zero-order chi connectivity index (χ0) is 23.6. The topological polar surface area (TPSA) is 128 Å². The number of thiazole rings is 1. The summed E-state index contributed by atoms with van der Waals surface area (Å²) in [6.45, 7) is 0. The van der Waals surface area contributed by atoms with Gasteiger partial charge in [-0.15, -0.1) is 22.7 Å². The van der Waals surface area contributed by atoms with E-state index < -0.39 is 38.3 Å². The molecule has 2 heterocycles. The van der Waals surface area contributed by atoms with E-state index in [-0.39, 0.29) is 17.9 Å². The Hall–Kier alpha value is -2.04. The van der Waals surface area contributed by atoms with Gasteiger partial charge in [0.25, 0.3) is 0 Å². The summed E-state index contributed by atoms with van der Waals surface area (Å²) in [5, 5.41) is 8.82. The van der Waals surface area contributed by atoms with Crippen LogP contribution in [-0.4, -0.2) is 33.7 Å². The van der Waals surface area contributed by atoms with Gasteiger partial charge < -0.3 is 4.18 Å². The molecule has 0 amide bonds. The normalized spacial score (nSPS) is 13.8. The van der Waals surface area contributed by atoms with E-state index in [0.29, 0.717) is 10.6 Å². The van der Waals surface area contributed by atoms with Crippen LogP contribution >= 0.6 is 22.7 Å². The molecule has 0 aliphatic rings. The number of hydrogen-bond donors (Lipinski definition) is 2. The highest BCUT2D eigenvalue weighted by Crippen LogP contribution is 2.31. The Morgan fingerprint density at radius 1 is 1.09 bits per heavy atom. The van der Waals surface area contributed by atoms with E-state index in [9.17, 15) is 30.0 Å². The van der Waals surface area contributed by atoms with Gasteiger partial charge in [-0.1, -0.05) is 18.2 Å². The van der Waals surface area contributed by atoms with Crippen molar-refractivity contribution < 1.29 is 34.2 Å². The molecule has 3 aromatic rings. The van der Waals surface area contributed by atoms with Crippen LogP contribution in [0.25, 0.3) is 9.88 Å². The molecule has 0 aliphatic carbocycles. The van der Waals surface area contributed by atoms with Gasteiger partial charge in [-0.05, 0) is 35.6 Å². The van der Waals surface area contributed by atoms with Gasteiger partial charge >= 0.3 is 16.5 Å². The summed E-state index contributed by atoms with van der Waals surface area (Å²) < 4.78 is 90.9. The van der Waals surface area contributed by atoms with Gasteiger partial charge in [0.15, 0.2) is 5.75 Å². The lowest BCUT2D eigenvalue weighted by molar-refractivity contribution is -0.106. The van der Waals surface area contributed by atoms with E-state index in [4.69, 9.17) is 5.14 Å². The van der Waals surface area contributed by atoms with Gasteiger partial charge in [0.05, 0.1) is 16.6 Å². The van der Waals surface area contributed by atoms with Crippen molar-refractivity contribution in [3.8, 4) is 15.6 Å². The molecular weight excluding hydrogens is 511 g/mol. The molecule has 0 aliphatic heterocycles. The lowest BCUT2D eigenvalue weighted by Gasteiger charge is -2.18. The molecule has 174 valence electrons. The third-order valence-corrected chi connectivity index (χ3v) is 7.54. The van der Waals surface area contributed by atoms with Gasteiger partial charge in [0.1, 0.15) is 10.8 Å². The molecule has 0 saturated carbocycles. The second-order valence-corrected chi connectivity index (χ2v) is 11.2. The molecule has 3 rings (SSSR count). The summed E-state index contributed by atoms with van der Waals surface area (Å²) in [6.07, 6.45) is -4.95. The molecular formula is C17H16F3N3O5S4. The standard InChI is InChI=1S/C17H16F3N3O5S4/c18-17(19,20)10-31(24,25)23-13(14-9-30-16(22-14)15-2-1-7-29-15)8-11-3-5-12(6-4-11)28-32(21,26)27/h1-7,9,13,23H,8,10H2,(H2,21,26,27). The van der Waals surface area contributed by atoms with Crippen LogP contribution in [0.2, 0.25) is 0 Å². The molecule has 2 aromatic heterocycles. The summed E-state index contributed by atoms with van der Waals surface area (Å²) in [5.41, 5.74) is 0.756. The van der Waals surface area contributed by atoms with Crippen LogP contribution in [0.1, 0.15) is 17.3 Å². The lowest BCUT2D eigenvalue weighted by Crippen LogP contribution is -2.37. The van der Waals surface area contributed by atoms with Crippen LogP contribution in [0, 0.1) is 0 Å². The zero-order valence-electron chi connectivity index (χ0n) is 15.9. The minimum atomic E-state index is -4.91. The third kappa shape index (κ3) is 7.53. The molecule has 1 atom stereocenters. The van der Waals surface area contributed by atoms with Gasteiger partial charge in [-0.3, -0.25) is 0 Å². The van der Waals surface area contributed by atoms with E-state index in [1.54, 1.807) is 5.38 Å². The number of halogens is 3. The average molecular weight is 528 g/mol. The van der Waals surface area contributed by atoms with Gasteiger partial charge in [-0.2, -0.15) is 26.7 Å². The van der Waals surface area contributed by atoms with E-state index in [1.165, 1.54) is 46.9 Å². The number of nitrogens with zero attached hydrogens (tertiary/aromatic N) is 1. The molecule has 32 heavy (non-hydrogen) atoms. The zero-order valence-corrected chi connectivity index (χ0v) is 19.2. The fourth-order valence-electron chi connectivity index (χ4n) is 2.69. The summed E-state index contributed by atoms with van der Waals surface area (Å²) in [5.74, 6) is -2.10. The Kier molecular flexibility index (Phi) is 7.26. The summed E-state index contributed by atoms with van der Waals surface area (Å²) in [6, 6.07) is 8.02. The number of nitrogens with two attached hydrogens (primary N) is 1. The number of sulfonamides is 1. The van der Waals surface area contributed by atoms with Crippen molar-refractivity contribution in [2.75, 3.05) is 5.75 Å². The van der Waals surface area contributed by atoms with Crippen LogP contribution in [0.15, 0.2) is 47.2 Å². The third-order valence-electron chi connectivity index (χ3n) is 3.86. The van der Waals surface area contributed by atoms with Crippen LogP contribution in [0.5, 0.6) is 5.75 Å². The maximum Gasteiger partial charge on any atom is 0.404 e. The Morgan fingerprint density at radius 3 is 2.34 bits per heavy atom. The van der Waals surface area contributed by atoms with E-state index in [1.807, 2.05) is 17.5 Å². The second kappa shape index (κ2) is 9.44. The minimum absolute atomic E-state index is 0.0413. The summed E-state index contributed by atoms with van der Waals surface area (Å²) in [7, 11) is -8.93. The summed E-state index contributed by atoms with van der Waals surface area (Å²) >= 11 is 2.66. The van der Waals surface area contributed by atoms with Crippen molar-refractivity contribution in [3.63, 3.8) is 0 Å². The SMILES string of the molecule is NS(=O)(=O)Oc1ccc(CC(NS(=O)(=O)CC(F)(F)F)c2csc(-c3cccs3)n2)cc1. The minimum Gasteiger partial charge on any atom is -0.371 e. The van der Waals surface area contributed by atoms with E-state index in [2.05, 4.69) is 13.9 Å². The quantitative estimate of drug-likeness (QED) is 0.440. The van der Waals surface area contributed by atoms with Crippen molar-refractivity contribution in [1.82, 2.24) is 9.71 Å². The van der Waals surface area contributed by atoms with Crippen LogP contribution < -0.4 is 14.0 Å². The number of aromatic nitrogens is 1. The first-order valence-corrected chi connectivity index (χ1v) is 13.6. The van der Waals surface area contributed by atoms with Crippen LogP contribution in [-0.2, 0) is 26.7 Å². The fourth-order valence-corrected chi connectivity index (χ4v) is 5.91. The monoisotopic (exact) mass is 527 g/mol. The summed E-state index contributed by atoms with van der Waals surface area (Å²) in [4.78, 5) is 5.23. The van der Waals surface area contributed by atoms with Crippen molar-refractivity contribution in [2.24, 2.45) is 5.14 Å². The molecule has 3 N–H and O–H groups in total. The highest BCUT2D eigenvalue weighted by atomic mass is 32.2. The van der Waals surface area contributed by atoms with Gasteiger partial charge in [0.2, 0.25) is 10.0 Å². The number of rotatable bonds is 9. The first kappa shape index (κ1) is 24.6. The molecule has 0 spiro atoms. The Bertz CT molecular complexity index is 1260. The molecule has 8 nitrogen and oxygen atoms in total. The molecule has 0 bridgehead atoms. The van der Waals surface area contributed by atoms with E-state index in [0.717, 1.165) is 4.88 Å². The molecule has 1 unspecified atom stereocenters. The Morgan fingerprint density at radius 2 is 1.78 bits per heavy atom. The largest absolute Gasteiger partial charge is 0.404 e. The molecule has 0 fully saturated rings. The fraction of sp³-hybridized carbons (Fsp3) is 0.235. The second-order valence-electron chi connectivity index (χ2n) is 6.52. The smallest absolute Gasteiger partial charge is 0.371 e. The predicted octanol–water partition coefficient (Wildman–Crippen LogP) is 3.22. The lowest BCUT2D eigenvalue weighted by atomic mass is 10.0. The molecule has 1 aromatic carbocycles. The molecule has 0 saturated heterocycles. The highest BCUT2D eigenvalue weighted by molar-refractivity contribution is 7.89. The maximum absolute atomic E-state index is 12.7. The van der Waals surface area contributed by atoms with Crippen molar-refractivity contribution >= 4 is 43.0 Å². The predicted molar refractivity (Wildman–Crippen MR) is 115 cm³/mol.